The minimum Gasteiger partial charge on any atom is -0.494 e. The molecule has 4 rings (SSSR count). The fourth-order valence-corrected chi connectivity index (χ4v) is 4.14. The van der Waals surface area contributed by atoms with Gasteiger partial charge >= 0.3 is 5.69 Å². The highest BCUT2D eigenvalue weighted by molar-refractivity contribution is 6.28. The summed E-state index contributed by atoms with van der Waals surface area (Å²) in [6.45, 7) is 3.00. The summed E-state index contributed by atoms with van der Waals surface area (Å²) in [4.78, 5) is 32.7. The molecule has 0 saturated carbocycles. The predicted octanol–water partition coefficient (Wildman–Crippen LogP) is 3.70. The van der Waals surface area contributed by atoms with Gasteiger partial charge < -0.3 is 15.2 Å². The van der Waals surface area contributed by atoms with Gasteiger partial charge in [-0.1, -0.05) is 43.7 Å². The Kier molecular flexibility index (Phi) is 6.60. The molecule has 0 aliphatic heterocycles. The van der Waals surface area contributed by atoms with Crippen LogP contribution in [0.2, 0.25) is 5.28 Å². The second-order valence-corrected chi connectivity index (χ2v) is 8.29. The standard InChI is InChI=1S/C23H26ClN5O4/c1-2-3-11-28-19-18(25-22(24)26-19)21(32)29(23(28)33)13-8-7-12-27-17(30)14-16(20(27)31)15-9-5-4-6-10-15/h4-6,9-10,14,30-31H,2-3,7-8,11-13H2,1H3,(H,25,26). The smallest absolute Gasteiger partial charge is 0.332 e. The van der Waals surface area contributed by atoms with E-state index in [-0.39, 0.29) is 34.8 Å². The summed E-state index contributed by atoms with van der Waals surface area (Å²) < 4.78 is 4.10. The molecule has 0 radical (unpaired) electrons. The topological polar surface area (TPSA) is 118 Å². The molecule has 3 N–H and O–H groups in total. The van der Waals surface area contributed by atoms with Crippen LogP contribution in [0, 0.1) is 0 Å². The van der Waals surface area contributed by atoms with Crippen LogP contribution < -0.4 is 11.2 Å². The van der Waals surface area contributed by atoms with Crippen LogP contribution >= 0.6 is 11.6 Å². The molecule has 0 saturated heterocycles. The second-order valence-electron chi connectivity index (χ2n) is 7.94. The SMILES string of the molecule is CCCCn1c(=O)n(CCCCn2c(O)cc(-c3ccccc3)c2O)c(=O)c2[nH]c(Cl)nc21. The molecule has 9 nitrogen and oxygen atoms in total. The zero-order valence-electron chi connectivity index (χ0n) is 18.3. The van der Waals surface area contributed by atoms with Gasteiger partial charge in [0.25, 0.3) is 5.56 Å². The Labute approximate surface area is 194 Å². The molecule has 1 aromatic carbocycles. The summed E-state index contributed by atoms with van der Waals surface area (Å²) in [6.07, 6.45) is 2.69. The van der Waals surface area contributed by atoms with E-state index in [2.05, 4.69) is 9.97 Å². The molecule has 33 heavy (non-hydrogen) atoms. The van der Waals surface area contributed by atoms with Crippen molar-refractivity contribution in [2.45, 2.75) is 52.2 Å². The number of aromatic amines is 1. The molecule has 0 spiro atoms. The first-order valence-electron chi connectivity index (χ1n) is 11.0. The van der Waals surface area contributed by atoms with E-state index in [1.165, 1.54) is 19.8 Å². The summed E-state index contributed by atoms with van der Waals surface area (Å²) in [5, 5.41) is 20.9. The normalized spacial score (nSPS) is 11.5. The minimum absolute atomic E-state index is 0.0219. The number of hydrogen-bond acceptors (Lipinski definition) is 5. The van der Waals surface area contributed by atoms with Crippen LogP contribution in [0.5, 0.6) is 11.8 Å². The van der Waals surface area contributed by atoms with Crippen molar-refractivity contribution < 1.29 is 10.2 Å². The van der Waals surface area contributed by atoms with Crippen molar-refractivity contribution in [3.8, 4) is 22.9 Å². The average molecular weight is 472 g/mol. The second kappa shape index (κ2) is 9.58. The molecule has 174 valence electrons. The predicted molar refractivity (Wildman–Crippen MR) is 127 cm³/mol. The monoisotopic (exact) mass is 471 g/mol. The van der Waals surface area contributed by atoms with E-state index in [4.69, 9.17) is 11.6 Å². The molecular weight excluding hydrogens is 446 g/mol. The molecule has 3 heterocycles. The quantitative estimate of drug-likeness (QED) is 0.254. The van der Waals surface area contributed by atoms with Gasteiger partial charge in [-0.25, -0.2) is 4.79 Å². The molecule has 0 aliphatic carbocycles. The van der Waals surface area contributed by atoms with Gasteiger partial charge in [0, 0.05) is 31.3 Å². The van der Waals surface area contributed by atoms with Crippen LogP contribution in [0.1, 0.15) is 32.6 Å². The van der Waals surface area contributed by atoms with Gasteiger partial charge in [-0.05, 0) is 36.4 Å². The van der Waals surface area contributed by atoms with Gasteiger partial charge in [-0.2, -0.15) is 4.98 Å². The third kappa shape index (κ3) is 4.41. The Morgan fingerprint density at radius 3 is 2.33 bits per heavy atom. The number of aromatic hydroxyl groups is 2. The maximum atomic E-state index is 13.0. The molecule has 0 unspecified atom stereocenters. The van der Waals surface area contributed by atoms with E-state index >= 15 is 0 Å². The molecular formula is C23H26ClN5O4. The number of halogens is 1. The van der Waals surface area contributed by atoms with Gasteiger partial charge in [-0.15, -0.1) is 0 Å². The van der Waals surface area contributed by atoms with Crippen LogP contribution in [0.4, 0.5) is 0 Å². The van der Waals surface area contributed by atoms with Gasteiger partial charge in [0.2, 0.25) is 11.2 Å². The fraction of sp³-hybridized carbons (Fsp3) is 0.348. The number of imidazole rings is 1. The number of rotatable bonds is 9. The highest BCUT2D eigenvalue weighted by Gasteiger charge is 2.18. The van der Waals surface area contributed by atoms with E-state index in [9.17, 15) is 19.8 Å². The van der Waals surface area contributed by atoms with Gasteiger partial charge in [0.15, 0.2) is 17.0 Å². The van der Waals surface area contributed by atoms with E-state index < -0.39 is 11.2 Å². The summed E-state index contributed by atoms with van der Waals surface area (Å²) in [7, 11) is 0. The number of nitrogens with zero attached hydrogens (tertiary/aromatic N) is 4. The lowest BCUT2D eigenvalue weighted by Gasteiger charge is -2.11. The Balaban J connectivity index is 1.52. The number of benzene rings is 1. The first-order valence-corrected chi connectivity index (χ1v) is 11.4. The third-order valence-electron chi connectivity index (χ3n) is 5.71. The maximum absolute atomic E-state index is 13.0. The van der Waals surface area contributed by atoms with E-state index in [0.717, 1.165) is 18.4 Å². The number of hydrogen-bond donors (Lipinski definition) is 3. The van der Waals surface area contributed by atoms with Crippen LogP contribution in [0.15, 0.2) is 46.0 Å². The van der Waals surface area contributed by atoms with Crippen LogP contribution in [0.25, 0.3) is 22.3 Å². The van der Waals surface area contributed by atoms with Crippen molar-refractivity contribution in [3.63, 3.8) is 0 Å². The highest BCUT2D eigenvalue weighted by atomic mass is 35.5. The Morgan fingerprint density at radius 2 is 1.64 bits per heavy atom. The number of nitrogens with one attached hydrogen (secondary N) is 1. The van der Waals surface area contributed by atoms with Crippen molar-refractivity contribution in [1.29, 1.82) is 0 Å². The largest absolute Gasteiger partial charge is 0.494 e. The van der Waals surface area contributed by atoms with Crippen molar-refractivity contribution in [1.82, 2.24) is 23.7 Å². The van der Waals surface area contributed by atoms with Crippen molar-refractivity contribution >= 4 is 22.8 Å². The van der Waals surface area contributed by atoms with Gasteiger partial charge in [0.1, 0.15) is 0 Å². The fourth-order valence-electron chi connectivity index (χ4n) is 3.97. The van der Waals surface area contributed by atoms with Gasteiger partial charge in [-0.3, -0.25) is 18.5 Å². The van der Waals surface area contributed by atoms with E-state index in [1.807, 2.05) is 37.3 Å². The molecule has 0 amide bonds. The maximum Gasteiger partial charge on any atom is 0.332 e. The summed E-state index contributed by atoms with van der Waals surface area (Å²) in [5.74, 6) is -0.0646. The first-order chi connectivity index (χ1) is 15.9. The number of unbranched alkanes of at least 4 members (excludes halogenated alkanes) is 2. The number of fused-ring (bicyclic) bond motifs is 1. The number of H-pyrrole nitrogens is 1. The lowest BCUT2D eigenvalue weighted by molar-refractivity contribution is 0.361. The third-order valence-corrected chi connectivity index (χ3v) is 5.89. The Hall–Kier alpha value is -3.46. The molecule has 10 heteroatoms. The number of aromatic nitrogens is 5. The molecule has 0 bridgehead atoms. The lowest BCUT2D eigenvalue weighted by Crippen LogP contribution is -2.40. The lowest BCUT2D eigenvalue weighted by atomic mass is 10.1. The molecule has 0 fully saturated rings. The Bertz CT molecular complexity index is 1380. The first kappa shape index (κ1) is 22.7. The summed E-state index contributed by atoms with van der Waals surface area (Å²) >= 11 is 5.96. The van der Waals surface area contributed by atoms with Crippen LogP contribution in [-0.2, 0) is 19.6 Å². The summed E-state index contributed by atoms with van der Waals surface area (Å²) in [6, 6.07) is 10.8. The van der Waals surface area contributed by atoms with E-state index in [0.29, 0.717) is 31.5 Å². The van der Waals surface area contributed by atoms with Crippen molar-refractivity contribution in [2.75, 3.05) is 0 Å². The van der Waals surface area contributed by atoms with Crippen molar-refractivity contribution in [2.24, 2.45) is 0 Å². The van der Waals surface area contributed by atoms with Gasteiger partial charge in [0.05, 0.1) is 0 Å². The van der Waals surface area contributed by atoms with Crippen molar-refractivity contribution in [3.05, 3.63) is 62.5 Å². The Morgan fingerprint density at radius 1 is 0.970 bits per heavy atom. The highest BCUT2D eigenvalue weighted by Crippen LogP contribution is 2.36. The van der Waals surface area contributed by atoms with E-state index in [1.54, 1.807) is 0 Å². The molecule has 3 aromatic heterocycles. The average Bonchev–Trinajstić information content (AvgIpc) is 3.33. The molecule has 0 aliphatic rings. The van der Waals surface area contributed by atoms with Crippen LogP contribution in [-0.4, -0.2) is 33.9 Å². The zero-order chi connectivity index (χ0) is 23.5. The minimum atomic E-state index is -0.458. The van der Waals surface area contributed by atoms with Crippen LogP contribution in [0.3, 0.4) is 0 Å². The zero-order valence-corrected chi connectivity index (χ0v) is 19.0. The molecule has 0 atom stereocenters. The number of aryl methyl sites for hydroxylation is 1. The summed E-state index contributed by atoms with van der Waals surface area (Å²) in [5.41, 5.74) is 0.959. The molecule has 4 aromatic rings.